The highest BCUT2D eigenvalue weighted by molar-refractivity contribution is 6.30. The minimum Gasteiger partial charge on any atom is -0.0850 e. The quantitative estimate of drug-likeness (QED) is 0.427. The zero-order valence-electron chi connectivity index (χ0n) is 2.74. The van der Waals surface area contributed by atoms with Crippen LogP contribution in [0.1, 0.15) is 0 Å². The maximum Gasteiger partial charge on any atom is 0.0334 e. The van der Waals surface area contributed by atoms with Gasteiger partial charge in [-0.25, -0.2) is 0 Å². The molecule has 0 unspecified atom stereocenters. The number of rotatable bonds is 1. The van der Waals surface area contributed by atoms with Crippen LogP contribution >= 0.6 is 11.6 Å². The Morgan fingerprint density at radius 2 is 2.20 bits per heavy atom. The third-order valence-corrected chi connectivity index (χ3v) is 0.307. The largest absolute Gasteiger partial charge is 0.0850 e. The molecule has 0 rings (SSSR count). The Hall–Kier alpha value is -0.230. The van der Waals surface area contributed by atoms with Crippen molar-refractivity contribution >= 4 is 11.6 Å². The molecule has 27 valence electrons. The van der Waals surface area contributed by atoms with Crippen LogP contribution in [0.15, 0.2) is 17.7 Å². The number of allylic oxidation sites excluding steroid dienone is 2. The summed E-state index contributed by atoms with van der Waals surface area (Å²) in [6.07, 6.45) is 1.24. The van der Waals surface area contributed by atoms with Crippen LogP contribution in [-0.2, 0) is 0 Å². The lowest BCUT2D eigenvalue weighted by Gasteiger charge is -1.67. The molecule has 0 aliphatic heterocycles. The van der Waals surface area contributed by atoms with Gasteiger partial charge >= 0.3 is 0 Å². The fraction of sp³-hybridized carbons (Fsp3) is 0. The molecule has 0 aliphatic carbocycles. The van der Waals surface area contributed by atoms with Crippen molar-refractivity contribution in [3.8, 4) is 0 Å². The molecular formula is C4H4Cl. The predicted octanol–water partition coefficient (Wildman–Crippen LogP) is 1.73. The molecule has 0 N–H and O–H groups in total. The van der Waals surface area contributed by atoms with Gasteiger partial charge < -0.3 is 0 Å². The van der Waals surface area contributed by atoms with Gasteiger partial charge in [-0.2, -0.15) is 0 Å². The van der Waals surface area contributed by atoms with E-state index in [1.54, 1.807) is 0 Å². The van der Waals surface area contributed by atoms with Gasteiger partial charge in [0.1, 0.15) is 0 Å². The average molecular weight is 87.5 g/mol. The second kappa shape index (κ2) is 2.04. The second-order valence-electron chi connectivity index (χ2n) is 0.614. The highest BCUT2D eigenvalue weighted by Crippen LogP contribution is 1.92. The van der Waals surface area contributed by atoms with Crippen molar-refractivity contribution in [3.63, 3.8) is 0 Å². The summed E-state index contributed by atoms with van der Waals surface area (Å²) in [6.45, 7) is 8.07. The Balaban J connectivity index is 3.20. The summed E-state index contributed by atoms with van der Waals surface area (Å²) in [6, 6.07) is 0. The molecule has 0 saturated heterocycles. The van der Waals surface area contributed by atoms with E-state index >= 15 is 0 Å². The molecule has 5 heavy (non-hydrogen) atoms. The topological polar surface area (TPSA) is 0 Å². The fourth-order valence-corrected chi connectivity index (χ4v) is 0. The first-order valence-corrected chi connectivity index (χ1v) is 1.54. The third-order valence-electron chi connectivity index (χ3n) is 0.181. The smallest absolute Gasteiger partial charge is 0.0334 e. The van der Waals surface area contributed by atoms with E-state index in [9.17, 15) is 0 Å². The number of hydrogen-bond acceptors (Lipinski definition) is 0. The summed E-state index contributed by atoms with van der Waals surface area (Å²) >= 11 is 5.09. The van der Waals surface area contributed by atoms with Crippen LogP contribution in [0.2, 0.25) is 0 Å². The molecule has 1 radical (unpaired) electrons. The maximum atomic E-state index is 5.09. The average Bonchev–Trinajstić information content (AvgIpc) is 1.38. The highest BCUT2D eigenvalue weighted by atomic mass is 35.5. The minimum atomic E-state index is 0.380. The molecule has 0 aliphatic rings. The summed E-state index contributed by atoms with van der Waals surface area (Å²) in [5.41, 5.74) is 0. The summed E-state index contributed by atoms with van der Waals surface area (Å²) in [5.74, 6) is 0. The molecule has 0 aromatic rings. The van der Waals surface area contributed by atoms with Gasteiger partial charge in [-0.05, 0) is 6.08 Å². The van der Waals surface area contributed by atoms with Crippen LogP contribution < -0.4 is 0 Å². The molecule has 0 heterocycles. The molecule has 0 aromatic carbocycles. The van der Waals surface area contributed by atoms with Crippen LogP contribution in [-0.4, -0.2) is 0 Å². The van der Waals surface area contributed by atoms with Crippen molar-refractivity contribution in [3.05, 3.63) is 24.3 Å². The lowest BCUT2D eigenvalue weighted by Crippen LogP contribution is -1.43. The fourth-order valence-electron chi connectivity index (χ4n) is 0. The first-order chi connectivity index (χ1) is 2.27. The van der Waals surface area contributed by atoms with E-state index in [1.165, 1.54) is 6.08 Å². The van der Waals surface area contributed by atoms with Gasteiger partial charge in [-0.1, -0.05) is 24.8 Å². The Bertz CT molecular complexity index is 54.7. The van der Waals surface area contributed by atoms with Gasteiger partial charge in [0.25, 0.3) is 0 Å². The molecule has 0 nitrogen and oxygen atoms in total. The SMILES string of the molecule is [CH]=CC(=C)Cl. The van der Waals surface area contributed by atoms with Gasteiger partial charge in [0, 0.05) is 5.03 Å². The lowest BCUT2D eigenvalue weighted by atomic mass is 10.6. The number of halogens is 1. The molecule has 0 fully saturated rings. The molecule has 0 amide bonds. The molecule has 0 aromatic heterocycles. The summed E-state index contributed by atoms with van der Waals surface area (Å²) in [7, 11) is 0. The van der Waals surface area contributed by atoms with Crippen LogP contribution in [0, 0.1) is 6.58 Å². The predicted molar refractivity (Wildman–Crippen MR) is 23.9 cm³/mol. The Labute approximate surface area is 36.8 Å². The van der Waals surface area contributed by atoms with Gasteiger partial charge in [-0.3, -0.25) is 0 Å². The van der Waals surface area contributed by atoms with Crippen LogP contribution in [0.25, 0.3) is 0 Å². The standard InChI is InChI=1S/C4H4Cl/c1-3-4(2)5/h1,3H,2H2. The van der Waals surface area contributed by atoms with E-state index in [0.29, 0.717) is 5.03 Å². The van der Waals surface area contributed by atoms with Crippen molar-refractivity contribution < 1.29 is 0 Å². The highest BCUT2D eigenvalue weighted by Gasteiger charge is 1.63. The molecule has 0 spiro atoms. The number of hydrogen-bond donors (Lipinski definition) is 0. The van der Waals surface area contributed by atoms with Gasteiger partial charge in [-0.15, -0.1) is 0 Å². The first kappa shape index (κ1) is 4.77. The van der Waals surface area contributed by atoms with E-state index in [2.05, 4.69) is 6.58 Å². The van der Waals surface area contributed by atoms with Crippen molar-refractivity contribution in [2.24, 2.45) is 0 Å². The maximum absolute atomic E-state index is 5.09. The van der Waals surface area contributed by atoms with Crippen LogP contribution in [0.5, 0.6) is 0 Å². The van der Waals surface area contributed by atoms with Crippen molar-refractivity contribution in [2.45, 2.75) is 0 Å². The summed E-state index contributed by atoms with van der Waals surface area (Å²) < 4.78 is 0. The van der Waals surface area contributed by atoms with Crippen molar-refractivity contribution in [2.75, 3.05) is 0 Å². The van der Waals surface area contributed by atoms with Crippen LogP contribution in [0.4, 0.5) is 0 Å². The van der Waals surface area contributed by atoms with E-state index in [4.69, 9.17) is 18.2 Å². The monoisotopic (exact) mass is 87.0 g/mol. The zero-order valence-corrected chi connectivity index (χ0v) is 3.50. The van der Waals surface area contributed by atoms with E-state index < -0.39 is 0 Å². The van der Waals surface area contributed by atoms with E-state index in [0.717, 1.165) is 0 Å². The normalized spacial score (nSPS) is 6.60. The summed E-state index contributed by atoms with van der Waals surface area (Å²) in [4.78, 5) is 0. The molecule has 0 saturated carbocycles. The van der Waals surface area contributed by atoms with Gasteiger partial charge in [0.2, 0.25) is 0 Å². The Kier molecular flexibility index (Phi) is 1.94. The molecule has 1 heteroatoms. The Morgan fingerprint density at radius 1 is 2.00 bits per heavy atom. The minimum absolute atomic E-state index is 0.380. The molecule has 0 atom stereocenters. The third kappa shape index (κ3) is 3.77. The molecular weight excluding hydrogens is 83.5 g/mol. The summed E-state index contributed by atoms with van der Waals surface area (Å²) in [5, 5.41) is 0.380. The lowest BCUT2D eigenvalue weighted by molar-refractivity contribution is 2.01. The van der Waals surface area contributed by atoms with E-state index in [-0.39, 0.29) is 0 Å². The van der Waals surface area contributed by atoms with E-state index in [1.807, 2.05) is 0 Å². The molecule has 0 bridgehead atoms. The van der Waals surface area contributed by atoms with Crippen molar-refractivity contribution in [1.82, 2.24) is 0 Å². The van der Waals surface area contributed by atoms with Gasteiger partial charge in [0.05, 0.1) is 0 Å². The Morgan fingerprint density at radius 3 is 2.20 bits per heavy atom. The van der Waals surface area contributed by atoms with Gasteiger partial charge in [0.15, 0.2) is 0 Å². The second-order valence-corrected chi connectivity index (χ2v) is 1.10. The van der Waals surface area contributed by atoms with Crippen LogP contribution in [0.3, 0.4) is 0 Å². The van der Waals surface area contributed by atoms with Crippen molar-refractivity contribution in [1.29, 1.82) is 0 Å². The first-order valence-electron chi connectivity index (χ1n) is 1.16. The zero-order chi connectivity index (χ0) is 4.28.